The number of nitrogens with one attached hydrogen (secondary N) is 1. The minimum atomic E-state index is -0.102. The van der Waals surface area contributed by atoms with Gasteiger partial charge in [-0.3, -0.25) is 4.79 Å². The topological polar surface area (TPSA) is 54.7 Å². The van der Waals surface area contributed by atoms with E-state index in [0.717, 1.165) is 25.9 Å². The van der Waals surface area contributed by atoms with Gasteiger partial charge in [-0.15, -0.1) is 12.4 Å². The Kier molecular flexibility index (Phi) is 6.07. The van der Waals surface area contributed by atoms with Crippen molar-refractivity contribution >= 4 is 18.3 Å². The van der Waals surface area contributed by atoms with Gasteiger partial charge < -0.3 is 19.4 Å². The molecule has 0 unspecified atom stereocenters. The lowest BCUT2D eigenvalue weighted by atomic mass is 10.1. The fraction of sp³-hybridized carbons (Fsp3) is 0.353. The average Bonchev–Trinajstić information content (AvgIpc) is 3.04. The molecule has 0 saturated carbocycles. The number of amides is 1. The highest BCUT2D eigenvalue weighted by atomic mass is 35.5. The molecule has 1 saturated heterocycles. The van der Waals surface area contributed by atoms with Crippen molar-refractivity contribution in [2.45, 2.75) is 18.9 Å². The van der Waals surface area contributed by atoms with Crippen LogP contribution in [0.15, 0.2) is 46.9 Å². The van der Waals surface area contributed by atoms with Gasteiger partial charge in [-0.25, -0.2) is 0 Å². The Balaban J connectivity index is 0.00000192. The summed E-state index contributed by atoms with van der Waals surface area (Å²) in [7, 11) is 1.83. The van der Waals surface area contributed by atoms with Gasteiger partial charge in [-0.2, -0.15) is 0 Å². The molecule has 2 aromatic rings. The number of halogens is 1. The Labute approximate surface area is 142 Å². The zero-order chi connectivity index (χ0) is 15.4. The van der Waals surface area contributed by atoms with Gasteiger partial charge >= 0.3 is 0 Å². The molecule has 0 radical (unpaired) electrons. The number of piperidine rings is 1. The van der Waals surface area contributed by atoms with Gasteiger partial charge in [0.1, 0.15) is 5.75 Å². The predicted molar refractivity (Wildman–Crippen MR) is 90.5 cm³/mol. The van der Waals surface area contributed by atoms with Gasteiger partial charge in [0.15, 0.2) is 5.76 Å². The fourth-order valence-electron chi connectivity index (χ4n) is 2.63. The summed E-state index contributed by atoms with van der Waals surface area (Å²) in [6, 6.07) is 13.0. The lowest BCUT2D eigenvalue weighted by Gasteiger charge is -2.31. The maximum atomic E-state index is 12.5. The van der Waals surface area contributed by atoms with Crippen molar-refractivity contribution in [1.29, 1.82) is 0 Å². The lowest BCUT2D eigenvalue weighted by molar-refractivity contribution is 0.0666. The molecular weight excluding hydrogens is 316 g/mol. The van der Waals surface area contributed by atoms with Crippen molar-refractivity contribution in [2.75, 3.05) is 20.1 Å². The van der Waals surface area contributed by atoms with Crippen LogP contribution in [0.4, 0.5) is 0 Å². The van der Waals surface area contributed by atoms with Crippen LogP contribution in [0.3, 0.4) is 0 Å². The summed E-state index contributed by atoms with van der Waals surface area (Å²) in [5.41, 5.74) is 0. The Morgan fingerprint density at radius 2 is 1.87 bits per heavy atom. The Hall–Kier alpha value is -1.98. The van der Waals surface area contributed by atoms with Crippen LogP contribution in [-0.4, -0.2) is 37.0 Å². The summed E-state index contributed by atoms with van der Waals surface area (Å²) in [6.45, 7) is 1.89. The van der Waals surface area contributed by atoms with E-state index >= 15 is 0 Å². The van der Waals surface area contributed by atoms with E-state index in [4.69, 9.17) is 9.15 Å². The van der Waals surface area contributed by atoms with Gasteiger partial charge in [0.05, 0.1) is 0 Å². The van der Waals surface area contributed by atoms with Crippen molar-refractivity contribution in [3.63, 3.8) is 0 Å². The van der Waals surface area contributed by atoms with Gasteiger partial charge in [0, 0.05) is 19.2 Å². The highest BCUT2D eigenvalue weighted by Crippen LogP contribution is 2.24. The third kappa shape index (κ3) is 4.27. The molecule has 1 aliphatic rings. The van der Waals surface area contributed by atoms with Crippen LogP contribution in [0.2, 0.25) is 0 Å². The van der Waals surface area contributed by atoms with E-state index in [-0.39, 0.29) is 24.4 Å². The number of carbonyl (C=O) groups is 1. The molecule has 1 amide bonds. The first-order valence-corrected chi connectivity index (χ1v) is 7.54. The van der Waals surface area contributed by atoms with Gasteiger partial charge in [-0.1, -0.05) is 18.2 Å². The zero-order valence-electron chi connectivity index (χ0n) is 13.0. The number of hydrogen-bond acceptors (Lipinski definition) is 4. The van der Waals surface area contributed by atoms with E-state index in [2.05, 4.69) is 5.32 Å². The second-order valence-corrected chi connectivity index (χ2v) is 5.43. The van der Waals surface area contributed by atoms with Crippen LogP contribution in [0.5, 0.6) is 11.7 Å². The van der Waals surface area contributed by atoms with E-state index in [1.807, 2.05) is 37.4 Å². The van der Waals surface area contributed by atoms with E-state index < -0.39 is 0 Å². The Bertz CT molecular complexity index is 624. The van der Waals surface area contributed by atoms with Crippen LogP contribution in [0, 0.1) is 0 Å². The quantitative estimate of drug-likeness (QED) is 0.930. The van der Waals surface area contributed by atoms with Crippen molar-refractivity contribution in [2.24, 2.45) is 0 Å². The monoisotopic (exact) mass is 336 g/mol. The van der Waals surface area contributed by atoms with E-state index in [1.54, 1.807) is 17.0 Å². The van der Waals surface area contributed by atoms with Crippen molar-refractivity contribution in [3.8, 4) is 11.7 Å². The van der Waals surface area contributed by atoms with Crippen LogP contribution >= 0.6 is 12.4 Å². The SMILES string of the molecule is CN(C(=O)c1ccc(Oc2ccccc2)o1)C1CCNCC1.Cl. The number of hydrogen-bond donors (Lipinski definition) is 1. The summed E-state index contributed by atoms with van der Waals surface area (Å²) < 4.78 is 11.1. The summed E-state index contributed by atoms with van der Waals surface area (Å²) in [5.74, 6) is 1.22. The summed E-state index contributed by atoms with van der Waals surface area (Å²) in [6.07, 6.45) is 1.94. The number of carbonyl (C=O) groups excluding carboxylic acids is 1. The smallest absolute Gasteiger partial charge is 0.290 e. The Morgan fingerprint density at radius 1 is 1.17 bits per heavy atom. The molecule has 5 nitrogen and oxygen atoms in total. The minimum absolute atomic E-state index is 0. The van der Waals surface area contributed by atoms with Crippen LogP contribution in [0.25, 0.3) is 0 Å². The van der Waals surface area contributed by atoms with Crippen molar-refractivity contribution in [3.05, 3.63) is 48.2 Å². The molecule has 1 aromatic heterocycles. The average molecular weight is 337 g/mol. The lowest BCUT2D eigenvalue weighted by Crippen LogP contribution is -2.43. The standard InChI is InChI=1S/C17H20N2O3.ClH/c1-19(13-9-11-18-12-10-13)17(20)15-7-8-16(22-15)21-14-5-3-2-4-6-14;/h2-8,13,18H,9-12H2,1H3;1H. The molecule has 2 heterocycles. The maximum absolute atomic E-state index is 12.5. The molecule has 6 heteroatoms. The minimum Gasteiger partial charge on any atom is -0.426 e. The molecule has 0 bridgehead atoms. The molecule has 1 aliphatic heterocycles. The molecule has 0 aliphatic carbocycles. The molecule has 1 N–H and O–H groups in total. The normalized spacial score (nSPS) is 14.8. The molecule has 1 fully saturated rings. The predicted octanol–water partition coefficient (Wildman–Crippen LogP) is 3.32. The first kappa shape index (κ1) is 17.4. The second-order valence-electron chi connectivity index (χ2n) is 5.43. The summed E-state index contributed by atoms with van der Waals surface area (Å²) in [4.78, 5) is 14.2. The molecular formula is C17H21ClN2O3. The van der Waals surface area contributed by atoms with Gasteiger partial charge in [-0.05, 0) is 44.1 Å². The molecule has 1 aromatic carbocycles. The largest absolute Gasteiger partial charge is 0.426 e. The van der Waals surface area contributed by atoms with Crippen LogP contribution < -0.4 is 10.1 Å². The van der Waals surface area contributed by atoms with E-state index in [9.17, 15) is 4.79 Å². The molecule has 0 spiro atoms. The highest BCUT2D eigenvalue weighted by Gasteiger charge is 2.25. The zero-order valence-corrected chi connectivity index (χ0v) is 13.8. The highest BCUT2D eigenvalue weighted by molar-refractivity contribution is 5.91. The third-order valence-corrected chi connectivity index (χ3v) is 3.93. The number of furan rings is 1. The molecule has 0 atom stereocenters. The van der Waals surface area contributed by atoms with E-state index in [1.165, 1.54) is 0 Å². The second kappa shape index (κ2) is 8.04. The molecule has 124 valence electrons. The third-order valence-electron chi connectivity index (χ3n) is 3.93. The fourth-order valence-corrected chi connectivity index (χ4v) is 2.63. The van der Waals surface area contributed by atoms with Gasteiger partial charge in [0.25, 0.3) is 11.9 Å². The number of para-hydroxylation sites is 1. The maximum Gasteiger partial charge on any atom is 0.290 e. The number of benzene rings is 1. The molecule has 3 rings (SSSR count). The summed E-state index contributed by atoms with van der Waals surface area (Å²) in [5, 5.41) is 3.30. The van der Waals surface area contributed by atoms with Gasteiger partial charge in [0.2, 0.25) is 0 Å². The van der Waals surface area contributed by atoms with Crippen LogP contribution in [0.1, 0.15) is 23.4 Å². The van der Waals surface area contributed by atoms with Crippen molar-refractivity contribution in [1.82, 2.24) is 10.2 Å². The van der Waals surface area contributed by atoms with Crippen LogP contribution in [-0.2, 0) is 0 Å². The first-order valence-electron chi connectivity index (χ1n) is 7.54. The number of nitrogens with zero attached hydrogens (tertiary/aromatic N) is 1. The van der Waals surface area contributed by atoms with E-state index in [0.29, 0.717) is 17.5 Å². The Morgan fingerprint density at radius 3 is 2.57 bits per heavy atom. The summed E-state index contributed by atoms with van der Waals surface area (Å²) >= 11 is 0. The molecule has 23 heavy (non-hydrogen) atoms. The first-order chi connectivity index (χ1) is 10.7. The number of ether oxygens (including phenoxy) is 1. The van der Waals surface area contributed by atoms with Crippen molar-refractivity contribution < 1.29 is 13.9 Å². The number of rotatable bonds is 4.